The molecule has 2 fully saturated rings. The van der Waals surface area contributed by atoms with Crippen molar-refractivity contribution in [2.24, 2.45) is 5.92 Å². The maximum Gasteiger partial charge on any atom is 0.454 e. The number of carbonyl (C=O) groups is 1. The van der Waals surface area contributed by atoms with Crippen LogP contribution in [-0.2, 0) is 14.7 Å². The molecule has 35 heavy (non-hydrogen) atoms. The highest BCUT2D eigenvalue weighted by molar-refractivity contribution is 7.92. The third kappa shape index (κ3) is 4.67. The number of benzene rings is 2. The average Bonchev–Trinajstić information content (AvgIpc) is 3.47. The minimum atomic E-state index is -3.67. The molecule has 0 spiro atoms. The number of sulfonamides is 1. The summed E-state index contributed by atoms with van der Waals surface area (Å²) < 4.78 is 52.1. The number of hydrogen-bond donors (Lipinski definition) is 2. The summed E-state index contributed by atoms with van der Waals surface area (Å²) in [4.78, 5) is 12.9. The van der Waals surface area contributed by atoms with Crippen LogP contribution in [0.3, 0.4) is 0 Å². The van der Waals surface area contributed by atoms with Crippen LogP contribution in [0.1, 0.15) is 34.7 Å². The second-order valence-corrected chi connectivity index (χ2v) is 11.2. The van der Waals surface area contributed by atoms with Crippen molar-refractivity contribution >= 4 is 39.7 Å². The van der Waals surface area contributed by atoms with Crippen LogP contribution < -0.4 is 9.62 Å². The van der Waals surface area contributed by atoms with Gasteiger partial charge >= 0.3 is 7.12 Å². The van der Waals surface area contributed by atoms with Crippen molar-refractivity contribution in [2.45, 2.75) is 25.1 Å². The van der Waals surface area contributed by atoms with Crippen molar-refractivity contribution in [3.63, 3.8) is 0 Å². The first-order valence-electron chi connectivity index (χ1n) is 11.5. The minimum Gasteiger partial charge on any atom is -0.455 e. The second-order valence-electron chi connectivity index (χ2n) is 9.26. The predicted octanol–water partition coefficient (Wildman–Crippen LogP) is 3.37. The van der Waals surface area contributed by atoms with E-state index in [2.05, 4.69) is 5.32 Å². The number of hydrogen-bond acceptors (Lipinski definition) is 6. The minimum absolute atomic E-state index is 0.157. The first-order valence-corrected chi connectivity index (χ1v) is 13.4. The van der Waals surface area contributed by atoms with Gasteiger partial charge in [0, 0.05) is 37.2 Å². The van der Waals surface area contributed by atoms with Gasteiger partial charge in [-0.1, -0.05) is 0 Å². The summed E-state index contributed by atoms with van der Waals surface area (Å²) in [5.41, 5.74) is 2.55. The van der Waals surface area contributed by atoms with Gasteiger partial charge in [-0.25, -0.2) is 12.8 Å². The quantitative estimate of drug-likeness (QED) is 0.482. The van der Waals surface area contributed by atoms with Gasteiger partial charge in [0.05, 0.1) is 17.5 Å². The fourth-order valence-electron chi connectivity index (χ4n) is 4.68. The smallest absolute Gasteiger partial charge is 0.454 e. The number of amides is 1. The van der Waals surface area contributed by atoms with Gasteiger partial charge in [0.1, 0.15) is 17.2 Å². The fraction of sp³-hybridized carbons (Fsp3) is 0.375. The van der Waals surface area contributed by atoms with E-state index >= 15 is 0 Å². The highest BCUT2D eigenvalue weighted by Crippen LogP contribution is 2.48. The van der Waals surface area contributed by atoms with Gasteiger partial charge in [-0.05, 0) is 66.9 Å². The Balaban J connectivity index is 1.69. The molecule has 3 aromatic rings. The third-order valence-corrected chi connectivity index (χ3v) is 7.71. The molecule has 2 heterocycles. The Bertz CT molecular complexity index is 1390. The number of nitrogens with zero attached hydrogens (tertiary/aromatic N) is 1. The topological polar surface area (TPSA) is 109 Å². The third-order valence-electron chi connectivity index (χ3n) is 6.57. The van der Waals surface area contributed by atoms with E-state index in [9.17, 15) is 22.6 Å². The van der Waals surface area contributed by atoms with Crippen LogP contribution in [0.15, 0.2) is 40.8 Å². The molecule has 1 aliphatic heterocycles. The summed E-state index contributed by atoms with van der Waals surface area (Å²) in [5.74, 6) is -0.457. The molecule has 11 heteroatoms. The largest absolute Gasteiger partial charge is 0.455 e. The number of furan rings is 1. The molecule has 2 aromatic carbocycles. The lowest BCUT2D eigenvalue weighted by molar-refractivity contribution is 0.0964. The van der Waals surface area contributed by atoms with Gasteiger partial charge < -0.3 is 19.4 Å². The Morgan fingerprint density at radius 3 is 2.54 bits per heavy atom. The molecule has 1 saturated carbocycles. The number of carbonyl (C=O) groups excluding carboxylic acids is 1. The van der Waals surface area contributed by atoms with E-state index in [1.165, 1.54) is 35.6 Å². The Labute approximate surface area is 203 Å². The number of fused-ring (bicyclic) bond motifs is 1. The Kier molecular flexibility index (Phi) is 6.10. The molecule has 0 unspecified atom stereocenters. The standard InChI is InChI=1S/C24H26BFN2O6S/c1-27-24(29)22-19-9-18(15-3-4-15)20(28(35(2,31)32)12-14-11-25(30)33-13-14)10-21(19)34-23(22)16-5-7-17(26)8-6-16/h5-10,14-15,30H,3-4,11-13H2,1-2H3,(H,27,29)/t14-/m1/s1. The monoisotopic (exact) mass is 500 g/mol. The molecule has 0 radical (unpaired) electrons. The molecular weight excluding hydrogens is 474 g/mol. The molecule has 2 N–H and O–H groups in total. The van der Waals surface area contributed by atoms with Gasteiger partial charge in [0.25, 0.3) is 5.91 Å². The number of rotatable bonds is 7. The zero-order valence-electron chi connectivity index (χ0n) is 19.5. The molecule has 0 bridgehead atoms. The maximum atomic E-state index is 13.5. The van der Waals surface area contributed by atoms with E-state index in [0.717, 1.165) is 24.7 Å². The lowest BCUT2D eigenvalue weighted by atomic mass is 9.82. The molecule has 1 saturated heterocycles. The lowest BCUT2D eigenvalue weighted by Gasteiger charge is -2.27. The van der Waals surface area contributed by atoms with E-state index in [-0.39, 0.29) is 36.7 Å². The van der Waals surface area contributed by atoms with Crippen molar-refractivity contribution in [2.75, 3.05) is 30.8 Å². The summed E-state index contributed by atoms with van der Waals surface area (Å²) in [5, 5.41) is 13.0. The van der Waals surface area contributed by atoms with Gasteiger partial charge in [0.2, 0.25) is 10.0 Å². The van der Waals surface area contributed by atoms with Gasteiger partial charge in [0.15, 0.2) is 0 Å². The van der Waals surface area contributed by atoms with Crippen molar-refractivity contribution in [1.29, 1.82) is 0 Å². The first-order chi connectivity index (χ1) is 16.7. The Morgan fingerprint density at radius 2 is 1.97 bits per heavy atom. The molecule has 1 aromatic heterocycles. The highest BCUT2D eigenvalue weighted by atomic mass is 32.2. The molecule has 8 nitrogen and oxygen atoms in total. The van der Waals surface area contributed by atoms with Crippen LogP contribution in [0, 0.1) is 11.7 Å². The zero-order valence-corrected chi connectivity index (χ0v) is 20.3. The van der Waals surface area contributed by atoms with Crippen LogP contribution in [0.2, 0.25) is 6.32 Å². The molecule has 2 aliphatic rings. The van der Waals surface area contributed by atoms with Crippen LogP contribution in [0.25, 0.3) is 22.3 Å². The van der Waals surface area contributed by atoms with Crippen LogP contribution in [-0.4, -0.2) is 52.9 Å². The molecule has 5 rings (SSSR count). The van der Waals surface area contributed by atoms with Gasteiger partial charge in [-0.3, -0.25) is 9.10 Å². The highest BCUT2D eigenvalue weighted by Gasteiger charge is 2.36. The second kappa shape index (κ2) is 8.96. The lowest BCUT2D eigenvalue weighted by Crippen LogP contribution is -2.35. The van der Waals surface area contributed by atoms with E-state index in [1.807, 2.05) is 6.07 Å². The molecule has 1 atom stereocenters. The Hall–Kier alpha value is -2.89. The van der Waals surface area contributed by atoms with E-state index in [1.54, 1.807) is 6.07 Å². The van der Waals surface area contributed by atoms with Crippen molar-refractivity contribution in [1.82, 2.24) is 5.32 Å². The SMILES string of the molecule is CNC(=O)c1c(-c2ccc(F)cc2)oc2cc(N(C[C@@H]3COB(O)C3)S(C)(=O)=O)c(C3CC3)cc12. The van der Waals surface area contributed by atoms with Crippen LogP contribution in [0.4, 0.5) is 10.1 Å². The first kappa shape index (κ1) is 23.8. The summed E-state index contributed by atoms with van der Waals surface area (Å²) >= 11 is 0. The average molecular weight is 500 g/mol. The van der Waals surface area contributed by atoms with Crippen molar-refractivity contribution < 1.29 is 31.7 Å². The number of halogens is 1. The summed E-state index contributed by atoms with van der Waals surface area (Å²) in [6, 6.07) is 9.19. The zero-order chi connectivity index (χ0) is 24.9. The molecule has 184 valence electrons. The van der Waals surface area contributed by atoms with Crippen LogP contribution >= 0.6 is 0 Å². The van der Waals surface area contributed by atoms with Crippen molar-refractivity contribution in [3.8, 4) is 11.3 Å². The van der Waals surface area contributed by atoms with E-state index in [0.29, 0.717) is 34.1 Å². The van der Waals surface area contributed by atoms with Gasteiger partial charge in [-0.15, -0.1) is 0 Å². The van der Waals surface area contributed by atoms with Gasteiger partial charge in [-0.2, -0.15) is 0 Å². The fourth-order valence-corrected chi connectivity index (χ4v) is 5.68. The Morgan fingerprint density at radius 1 is 1.26 bits per heavy atom. The maximum absolute atomic E-state index is 13.5. The molecule has 1 amide bonds. The molecule has 1 aliphatic carbocycles. The van der Waals surface area contributed by atoms with E-state index < -0.39 is 23.0 Å². The summed E-state index contributed by atoms with van der Waals surface area (Å²) in [6.07, 6.45) is 3.34. The predicted molar refractivity (Wildman–Crippen MR) is 131 cm³/mol. The van der Waals surface area contributed by atoms with E-state index in [4.69, 9.17) is 9.07 Å². The molecular formula is C24H26BFN2O6S. The normalized spacial score (nSPS) is 18.3. The van der Waals surface area contributed by atoms with Crippen LogP contribution in [0.5, 0.6) is 0 Å². The van der Waals surface area contributed by atoms with Crippen molar-refractivity contribution in [3.05, 3.63) is 53.3 Å². The number of anilines is 1. The number of nitrogens with one attached hydrogen (secondary N) is 1. The summed E-state index contributed by atoms with van der Waals surface area (Å²) in [7, 11) is -3.04. The summed E-state index contributed by atoms with van der Waals surface area (Å²) in [6.45, 7) is 0.430.